The van der Waals surface area contributed by atoms with Gasteiger partial charge in [-0.2, -0.15) is 0 Å². The van der Waals surface area contributed by atoms with Crippen molar-refractivity contribution in [3.63, 3.8) is 0 Å². The van der Waals surface area contributed by atoms with E-state index in [1.165, 1.54) is 0 Å². The van der Waals surface area contributed by atoms with Gasteiger partial charge in [-0.1, -0.05) is 18.2 Å². The minimum Gasteiger partial charge on any atom is -0.379 e. The summed E-state index contributed by atoms with van der Waals surface area (Å²) in [6, 6.07) is 7.76. The van der Waals surface area contributed by atoms with Gasteiger partial charge >= 0.3 is 0 Å². The predicted octanol–water partition coefficient (Wildman–Crippen LogP) is 1.69. The van der Waals surface area contributed by atoms with Gasteiger partial charge < -0.3 is 15.8 Å². The lowest BCUT2D eigenvalue weighted by Crippen LogP contribution is -2.51. The maximum atomic E-state index is 11.5. The van der Waals surface area contributed by atoms with Crippen LogP contribution in [0.1, 0.15) is 19.4 Å². The van der Waals surface area contributed by atoms with E-state index in [0.29, 0.717) is 6.61 Å². The average molecular weight is 236 g/mol. The molecule has 0 saturated heterocycles. The third-order valence-corrected chi connectivity index (χ3v) is 2.69. The summed E-state index contributed by atoms with van der Waals surface area (Å²) in [4.78, 5) is 11.5. The molecule has 1 amide bonds. The summed E-state index contributed by atoms with van der Waals surface area (Å²) >= 11 is 0. The second-order valence-electron chi connectivity index (χ2n) is 4.27. The predicted molar refractivity (Wildman–Crippen MR) is 68.9 cm³/mol. The van der Waals surface area contributed by atoms with Crippen LogP contribution in [0, 0.1) is 6.92 Å². The number of carbonyl (C=O) groups excluding carboxylic acids is 1. The summed E-state index contributed by atoms with van der Waals surface area (Å²) in [5, 5.41) is 3.16. The number of para-hydroxylation sites is 1. The molecule has 4 nitrogen and oxygen atoms in total. The number of hydrogen-bond acceptors (Lipinski definition) is 3. The molecule has 94 valence electrons. The molecule has 0 aliphatic heterocycles. The van der Waals surface area contributed by atoms with Crippen molar-refractivity contribution in [3.8, 4) is 0 Å². The first kappa shape index (κ1) is 13.5. The molecule has 0 heterocycles. The number of carbonyl (C=O) groups is 1. The highest BCUT2D eigenvalue weighted by atomic mass is 16.5. The van der Waals surface area contributed by atoms with Crippen molar-refractivity contribution in [2.24, 2.45) is 5.73 Å². The first-order chi connectivity index (χ1) is 7.99. The summed E-state index contributed by atoms with van der Waals surface area (Å²) in [5.41, 5.74) is 6.50. The van der Waals surface area contributed by atoms with Crippen LogP contribution in [0.5, 0.6) is 0 Å². The molecule has 0 aliphatic carbocycles. The van der Waals surface area contributed by atoms with Crippen LogP contribution in [-0.2, 0) is 9.53 Å². The number of aryl methyl sites for hydroxylation is 1. The molecule has 0 bridgehead atoms. The van der Waals surface area contributed by atoms with E-state index in [-0.39, 0.29) is 6.61 Å². The fourth-order valence-corrected chi connectivity index (χ4v) is 1.49. The monoisotopic (exact) mass is 236 g/mol. The van der Waals surface area contributed by atoms with Gasteiger partial charge in [-0.05, 0) is 32.4 Å². The summed E-state index contributed by atoms with van der Waals surface area (Å²) in [7, 11) is 0. The molecule has 0 fully saturated rings. The van der Waals surface area contributed by atoms with Crippen LogP contribution in [-0.4, -0.2) is 24.7 Å². The highest BCUT2D eigenvalue weighted by Gasteiger charge is 2.31. The van der Waals surface area contributed by atoms with Gasteiger partial charge in [0, 0.05) is 12.3 Å². The van der Waals surface area contributed by atoms with Crippen LogP contribution in [0.4, 0.5) is 5.69 Å². The lowest BCUT2D eigenvalue weighted by molar-refractivity contribution is -0.123. The zero-order chi connectivity index (χ0) is 12.9. The summed E-state index contributed by atoms with van der Waals surface area (Å²) in [5.74, 6) is -0.422. The van der Waals surface area contributed by atoms with Gasteiger partial charge in [-0.25, -0.2) is 0 Å². The van der Waals surface area contributed by atoms with E-state index in [0.717, 1.165) is 11.3 Å². The van der Waals surface area contributed by atoms with Gasteiger partial charge in [-0.3, -0.25) is 4.79 Å². The number of anilines is 1. The van der Waals surface area contributed by atoms with Gasteiger partial charge in [0.15, 0.2) is 0 Å². The zero-order valence-electron chi connectivity index (χ0n) is 10.6. The minimum absolute atomic E-state index is 0.257. The lowest BCUT2D eigenvalue weighted by Gasteiger charge is -2.29. The first-order valence-electron chi connectivity index (χ1n) is 5.71. The second-order valence-corrected chi connectivity index (χ2v) is 4.27. The SMILES string of the molecule is CCOCC(C)(Nc1ccccc1C)C(N)=O. The van der Waals surface area contributed by atoms with E-state index >= 15 is 0 Å². The standard InChI is InChI=1S/C13H20N2O2/c1-4-17-9-13(3,12(14)16)15-11-8-6-5-7-10(11)2/h5-8,15H,4,9H2,1-3H3,(H2,14,16). The van der Waals surface area contributed by atoms with E-state index < -0.39 is 11.4 Å². The number of ether oxygens (including phenoxy) is 1. The lowest BCUT2D eigenvalue weighted by atomic mass is 10.0. The van der Waals surface area contributed by atoms with Crippen LogP contribution in [0.2, 0.25) is 0 Å². The topological polar surface area (TPSA) is 64.3 Å². The number of amides is 1. The molecule has 1 rings (SSSR count). The Hall–Kier alpha value is -1.55. The molecule has 0 radical (unpaired) electrons. The van der Waals surface area contributed by atoms with Crippen molar-refractivity contribution < 1.29 is 9.53 Å². The number of hydrogen-bond donors (Lipinski definition) is 2. The maximum absolute atomic E-state index is 11.5. The second kappa shape index (κ2) is 5.68. The molecular formula is C13H20N2O2. The molecule has 1 aromatic carbocycles. The third kappa shape index (κ3) is 3.46. The molecule has 0 saturated carbocycles. The largest absolute Gasteiger partial charge is 0.379 e. The fraction of sp³-hybridized carbons (Fsp3) is 0.462. The molecule has 0 aliphatic rings. The maximum Gasteiger partial charge on any atom is 0.245 e. The van der Waals surface area contributed by atoms with E-state index in [4.69, 9.17) is 10.5 Å². The Kier molecular flexibility index (Phi) is 4.52. The highest BCUT2D eigenvalue weighted by molar-refractivity contribution is 5.87. The summed E-state index contributed by atoms with van der Waals surface area (Å²) in [6.45, 7) is 6.42. The van der Waals surface area contributed by atoms with E-state index in [1.807, 2.05) is 38.1 Å². The molecule has 1 aromatic rings. The third-order valence-electron chi connectivity index (χ3n) is 2.69. The molecule has 4 heteroatoms. The van der Waals surface area contributed by atoms with Gasteiger partial charge in [0.2, 0.25) is 5.91 Å². The Morgan fingerprint density at radius 3 is 2.65 bits per heavy atom. The Balaban J connectivity index is 2.87. The normalized spacial score (nSPS) is 14.1. The number of primary amides is 1. The van der Waals surface area contributed by atoms with Gasteiger partial charge in [-0.15, -0.1) is 0 Å². The number of benzene rings is 1. The number of nitrogens with one attached hydrogen (secondary N) is 1. The number of rotatable bonds is 6. The van der Waals surface area contributed by atoms with Crippen LogP contribution in [0.15, 0.2) is 24.3 Å². The molecule has 0 aromatic heterocycles. The smallest absolute Gasteiger partial charge is 0.245 e. The van der Waals surface area contributed by atoms with Gasteiger partial charge in [0.25, 0.3) is 0 Å². The number of nitrogens with two attached hydrogens (primary N) is 1. The highest BCUT2D eigenvalue weighted by Crippen LogP contribution is 2.19. The van der Waals surface area contributed by atoms with Crippen molar-refractivity contribution in [2.45, 2.75) is 26.3 Å². The molecule has 17 heavy (non-hydrogen) atoms. The zero-order valence-corrected chi connectivity index (χ0v) is 10.6. The van der Waals surface area contributed by atoms with Crippen molar-refractivity contribution >= 4 is 11.6 Å². The van der Waals surface area contributed by atoms with Gasteiger partial charge in [0.05, 0.1) is 6.61 Å². The van der Waals surface area contributed by atoms with Gasteiger partial charge in [0.1, 0.15) is 5.54 Å². The quantitative estimate of drug-likeness (QED) is 0.790. The van der Waals surface area contributed by atoms with E-state index in [2.05, 4.69) is 5.32 Å². The van der Waals surface area contributed by atoms with Crippen molar-refractivity contribution in [3.05, 3.63) is 29.8 Å². The van der Waals surface area contributed by atoms with E-state index in [9.17, 15) is 4.79 Å². The summed E-state index contributed by atoms with van der Waals surface area (Å²) < 4.78 is 5.31. The van der Waals surface area contributed by atoms with Crippen molar-refractivity contribution in [1.82, 2.24) is 0 Å². The van der Waals surface area contributed by atoms with Crippen LogP contribution >= 0.6 is 0 Å². The molecule has 0 spiro atoms. The Bertz CT molecular complexity index is 393. The van der Waals surface area contributed by atoms with Crippen LogP contribution in [0.25, 0.3) is 0 Å². The van der Waals surface area contributed by atoms with Crippen molar-refractivity contribution in [2.75, 3.05) is 18.5 Å². The van der Waals surface area contributed by atoms with E-state index in [1.54, 1.807) is 6.92 Å². The Morgan fingerprint density at radius 2 is 2.12 bits per heavy atom. The molecule has 3 N–H and O–H groups in total. The fourth-order valence-electron chi connectivity index (χ4n) is 1.49. The first-order valence-corrected chi connectivity index (χ1v) is 5.71. The minimum atomic E-state index is -0.887. The Morgan fingerprint density at radius 1 is 1.47 bits per heavy atom. The van der Waals surface area contributed by atoms with Crippen LogP contribution < -0.4 is 11.1 Å². The molecule has 1 atom stereocenters. The van der Waals surface area contributed by atoms with Crippen LogP contribution in [0.3, 0.4) is 0 Å². The average Bonchev–Trinajstić information content (AvgIpc) is 2.29. The summed E-state index contributed by atoms with van der Waals surface area (Å²) in [6.07, 6.45) is 0. The van der Waals surface area contributed by atoms with Crippen molar-refractivity contribution in [1.29, 1.82) is 0 Å². The Labute approximate surface area is 102 Å². The molecule has 1 unspecified atom stereocenters. The molecular weight excluding hydrogens is 216 g/mol.